The molecule has 2 aliphatic heterocycles. The maximum Gasteiger partial charge on any atom is 0.475 e. The lowest BCUT2D eigenvalue weighted by molar-refractivity contribution is -0.156. The van der Waals surface area contributed by atoms with E-state index in [9.17, 15) is 38.4 Å². The van der Waals surface area contributed by atoms with Crippen molar-refractivity contribution in [2.24, 2.45) is 5.92 Å². The van der Waals surface area contributed by atoms with Gasteiger partial charge in [0.25, 0.3) is 11.1 Å². The second-order valence-corrected chi connectivity index (χ2v) is 35.1. The van der Waals surface area contributed by atoms with E-state index in [4.69, 9.17) is 53.3 Å². The Morgan fingerprint density at radius 1 is 0.563 bits per heavy atom. The molecule has 0 bridgehead atoms. The number of amides is 1. The van der Waals surface area contributed by atoms with Crippen molar-refractivity contribution in [2.75, 3.05) is 51.5 Å². The normalized spacial score (nSPS) is 17.1. The third-order valence-corrected chi connectivity index (χ3v) is 24.2. The number of imidazole rings is 1. The lowest BCUT2D eigenvalue weighted by Crippen LogP contribution is -2.33. The van der Waals surface area contributed by atoms with E-state index in [-0.39, 0.29) is 55.1 Å². The smallest absolute Gasteiger partial charge is 0.475 e. The summed E-state index contributed by atoms with van der Waals surface area (Å²) in [4.78, 5) is 96.0. The zero-order valence-electron chi connectivity index (χ0n) is 73.8. The summed E-state index contributed by atoms with van der Waals surface area (Å²) in [5.41, 5.74) is -1.33. The number of carbonyl (C=O) groups is 3. The number of carbonyl (C=O) groups excluding carboxylic acids is 3. The van der Waals surface area contributed by atoms with Gasteiger partial charge >= 0.3 is 25.5 Å². The number of phosphoric acid groups is 1. The van der Waals surface area contributed by atoms with Gasteiger partial charge in [0.05, 0.1) is 52.2 Å². The van der Waals surface area contributed by atoms with Crippen LogP contribution < -0.4 is 36.3 Å². The van der Waals surface area contributed by atoms with Crippen molar-refractivity contribution >= 4 is 42.8 Å². The molecule has 26 nitrogen and oxygen atoms in total. The summed E-state index contributed by atoms with van der Waals surface area (Å²) in [5, 5.41) is 13.2. The number of anilines is 1. The van der Waals surface area contributed by atoms with Gasteiger partial charge in [0.2, 0.25) is 24.1 Å². The highest BCUT2D eigenvalue weighted by molar-refractivity contribution is 7.48. The van der Waals surface area contributed by atoms with Gasteiger partial charge in [0.15, 0.2) is 22.7 Å². The molecule has 27 heteroatoms. The molecule has 1 amide bonds. The molecular weight excluding hydrogens is 1540 g/mol. The molecule has 0 spiro atoms. The number of ether oxygens (including phenoxy) is 7. The minimum atomic E-state index is -4.80. The fourth-order valence-corrected chi connectivity index (χ4v) is 16.8. The number of rotatable bonds is 73. The number of H-pyrrole nitrogens is 2. The Labute approximate surface area is 711 Å². The molecule has 2 aliphatic rings. The minimum Gasteiger partial charge on any atom is -0.490 e. The summed E-state index contributed by atoms with van der Waals surface area (Å²) >= 11 is 0. The summed E-state index contributed by atoms with van der Waals surface area (Å²) in [6, 6.07) is 3.74. The van der Waals surface area contributed by atoms with Crippen molar-refractivity contribution in [3.8, 4) is 17.2 Å². The highest BCUT2D eigenvalue weighted by atomic mass is 31.2. The van der Waals surface area contributed by atoms with Gasteiger partial charge in [0.1, 0.15) is 50.1 Å². The van der Waals surface area contributed by atoms with E-state index in [1.54, 1.807) is 13.8 Å². The molecule has 119 heavy (non-hydrogen) atoms. The number of fused-ring (bicyclic) bond motifs is 1. The Morgan fingerprint density at radius 3 is 1.45 bits per heavy atom. The maximum absolute atomic E-state index is 14.8. The second kappa shape index (κ2) is 61.8. The average molecular weight is 1690 g/mol. The van der Waals surface area contributed by atoms with Crippen LogP contribution in [-0.4, -0.2) is 123 Å². The highest BCUT2D eigenvalue weighted by Gasteiger charge is 2.46. The summed E-state index contributed by atoms with van der Waals surface area (Å²) in [5.74, 6) is -0.876. The lowest BCUT2D eigenvalue weighted by Gasteiger charge is -2.25. The topological polar surface area (TPSA) is 316 Å². The van der Waals surface area contributed by atoms with Gasteiger partial charge in [-0.05, 0) is 43.9 Å². The van der Waals surface area contributed by atoms with Gasteiger partial charge in [-0.15, -0.1) is 0 Å². The summed E-state index contributed by atoms with van der Waals surface area (Å²) < 4.78 is 79.5. The van der Waals surface area contributed by atoms with Crippen LogP contribution in [-0.2, 0) is 58.1 Å². The first-order valence-electron chi connectivity index (χ1n) is 46.8. The summed E-state index contributed by atoms with van der Waals surface area (Å²) in [6.07, 6.45) is 55.2. The molecule has 6 rings (SSSR count). The number of aryl methyl sites for hydroxylation is 1. The number of aliphatic hydroxyl groups excluding tert-OH is 1. The van der Waals surface area contributed by atoms with E-state index in [1.165, 1.54) is 274 Å². The molecule has 0 radical (unpaired) electrons. The first kappa shape index (κ1) is 101. The molecule has 2 fully saturated rings. The fourth-order valence-electron chi connectivity index (χ4n) is 15.4. The van der Waals surface area contributed by atoms with E-state index in [1.807, 2.05) is 12.1 Å². The SMILES string of the molecule is [C-]#[N+]CCOP(=O)(OC[C@H]1O[C@@H](n2cc(C)c(=O)[nH]c2=O)CC1OC(=O)CCC(=O)OCc1cc(OCCCCCCCCCCCCCCCCCC)c(OCCCCCCCCCCCCCCCCCC)c(OCCCCCCCCCCCCCCCCCC)c1)OC1C[C@H](n2cnc3c(=O)[nH]c(NC(=O)C(C)C)nc32)O[C@@H]1CO. The van der Waals surface area contributed by atoms with Gasteiger partial charge in [0, 0.05) is 30.5 Å². The minimum absolute atomic E-state index is 0.0252. The van der Waals surface area contributed by atoms with Crippen molar-refractivity contribution in [2.45, 2.75) is 419 Å². The van der Waals surface area contributed by atoms with Gasteiger partial charge in [-0.1, -0.05) is 324 Å². The lowest BCUT2D eigenvalue weighted by atomic mass is 10.0. The van der Waals surface area contributed by atoms with E-state index in [2.05, 4.69) is 50.9 Å². The number of unbranched alkanes of at least 4 members (excludes halogenated alkanes) is 45. The van der Waals surface area contributed by atoms with Gasteiger partial charge in [-0.2, -0.15) is 4.98 Å². The molecule has 1 aromatic carbocycles. The van der Waals surface area contributed by atoms with Crippen molar-refractivity contribution in [1.82, 2.24) is 29.1 Å². The van der Waals surface area contributed by atoms with Gasteiger partial charge in [-0.3, -0.25) is 62.0 Å². The quantitative estimate of drug-likeness (QED) is 0.0138. The summed E-state index contributed by atoms with van der Waals surface area (Å²) in [7, 11) is -4.80. The maximum atomic E-state index is 14.8. The third kappa shape index (κ3) is 41.1. The number of benzene rings is 1. The van der Waals surface area contributed by atoms with E-state index >= 15 is 0 Å². The third-order valence-electron chi connectivity index (χ3n) is 22.7. The number of aromatic nitrogens is 6. The van der Waals surface area contributed by atoms with Crippen LogP contribution in [0.2, 0.25) is 0 Å². The van der Waals surface area contributed by atoms with Crippen LogP contribution in [0.5, 0.6) is 17.2 Å². The molecular formula is C92H153N8O18P. The predicted molar refractivity (Wildman–Crippen MR) is 468 cm³/mol. The second-order valence-electron chi connectivity index (χ2n) is 33.4. The standard InChI is InChI=1S/C92H153N8O18P/c1-8-11-14-17-20-23-26-29-32-35-38-41-44-47-50-53-59-109-77-63-74(64-78(110-60-54-51-48-45-42-39-36-33-30-27-24-21-18-15-12-9-2)86(77)111-61-55-52-49-46-43-40-37-34-31-28-25-22-19-16-13-10-3)69-112-83(102)56-57-84(103)117-75-65-81(99-67-73(6)89(105)98-92(99)107)116-80(75)70-114-119(108,113-62-58-93-7)118-76-66-82(115-79(76)68-101)100-71-94-85-87(100)95-91(97-90(85)106)96-88(104)72(4)5/h63-64,67,71-72,75-76,79-82,101H,8-62,65-66,68-70H2,1-6H3,(H,98,105,107)(H2,95,96,97,104,106)/t75?,76?,79-,80-,81-,82-,119?/m1/s1. The van der Waals surface area contributed by atoms with E-state index in [0.29, 0.717) is 42.6 Å². The zero-order valence-corrected chi connectivity index (χ0v) is 74.7. The van der Waals surface area contributed by atoms with Crippen molar-refractivity contribution in [3.05, 3.63) is 78.4 Å². The Hall–Kier alpha value is -6.46. The monoisotopic (exact) mass is 1690 g/mol. The van der Waals surface area contributed by atoms with Crippen molar-refractivity contribution in [3.63, 3.8) is 0 Å². The first-order chi connectivity index (χ1) is 58.0. The molecule has 3 unspecified atom stereocenters. The predicted octanol–water partition coefficient (Wildman–Crippen LogP) is 21.9. The van der Waals surface area contributed by atoms with Crippen LogP contribution >= 0.6 is 7.82 Å². The van der Waals surface area contributed by atoms with Crippen molar-refractivity contribution in [1.29, 1.82) is 0 Å². The Balaban J connectivity index is 1.10. The molecule has 4 aromatic rings. The largest absolute Gasteiger partial charge is 0.490 e. The molecule has 4 N–H and O–H groups in total. The molecule has 674 valence electrons. The Morgan fingerprint density at radius 2 is 0.992 bits per heavy atom. The van der Waals surface area contributed by atoms with Gasteiger partial charge < -0.3 is 43.1 Å². The van der Waals surface area contributed by atoms with Crippen LogP contribution in [0.15, 0.2) is 39.0 Å². The van der Waals surface area contributed by atoms with E-state index < -0.39 is 112 Å². The van der Waals surface area contributed by atoms with Crippen LogP contribution in [0.4, 0.5) is 5.95 Å². The Kier molecular flexibility index (Phi) is 52.6. The van der Waals surface area contributed by atoms with Crippen LogP contribution in [0.25, 0.3) is 16.0 Å². The number of aromatic amines is 2. The zero-order chi connectivity index (χ0) is 85.3. The molecule has 0 aliphatic carbocycles. The van der Waals surface area contributed by atoms with Crippen LogP contribution in [0.3, 0.4) is 0 Å². The Bertz CT molecular complexity index is 3650. The van der Waals surface area contributed by atoms with Crippen LogP contribution in [0.1, 0.15) is 392 Å². The number of aliphatic hydroxyl groups is 1. The number of nitrogens with zero attached hydrogens (tertiary/aromatic N) is 5. The van der Waals surface area contributed by atoms with E-state index in [0.717, 1.165) is 62.4 Å². The number of phosphoric ester groups is 1. The number of esters is 2. The van der Waals surface area contributed by atoms with Crippen LogP contribution in [0, 0.1) is 19.4 Å². The highest BCUT2D eigenvalue weighted by Crippen LogP contribution is 2.54. The molecule has 3 aromatic heterocycles. The first-order valence-corrected chi connectivity index (χ1v) is 48.3. The fraction of sp³-hybridized carbons (Fsp3) is 0.793. The summed E-state index contributed by atoms with van der Waals surface area (Å²) in [6.45, 7) is 18.4. The number of hydrogen-bond donors (Lipinski definition) is 4. The molecule has 5 heterocycles. The molecule has 7 atom stereocenters. The number of hydrogen-bond acceptors (Lipinski definition) is 20. The molecule has 0 saturated carbocycles. The number of nitrogens with one attached hydrogen (secondary N) is 3. The van der Waals surface area contributed by atoms with Gasteiger partial charge in [-0.25, -0.2) is 20.9 Å². The molecule has 2 saturated heterocycles. The average Bonchev–Trinajstić information content (AvgIpc) is 1.63. The van der Waals surface area contributed by atoms with Crippen molar-refractivity contribution < 1.29 is 70.8 Å².